The first kappa shape index (κ1) is 13.6. The fraction of sp³-hybridized carbons (Fsp3) is 0.0667. The van der Waals surface area contributed by atoms with E-state index in [2.05, 4.69) is 25.3 Å². The van der Waals surface area contributed by atoms with Gasteiger partial charge < -0.3 is 9.72 Å². The predicted molar refractivity (Wildman–Crippen MR) is 88.0 cm³/mol. The van der Waals surface area contributed by atoms with Crippen LogP contribution in [0.25, 0.3) is 21.4 Å². The molecule has 0 radical (unpaired) electrons. The fourth-order valence-electron chi connectivity index (χ4n) is 2.29. The molecule has 114 valence electrons. The van der Waals surface area contributed by atoms with Crippen molar-refractivity contribution in [3.8, 4) is 5.75 Å². The van der Waals surface area contributed by atoms with Gasteiger partial charge in [-0.3, -0.25) is 10.1 Å². The Morgan fingerprint density at radius 2 is 2.26 bits per heavy atom. The van der Waals surface area contributed by atoms with Gasteiger partial charge in [0.05, 0.1) is 23.6 Å². The van der Waals surface area contributed by atoms with Crippen molar-refractivity contribution in [3.05, 3.63) is 42.4 Å². The summed E-state index contributed by atoms with van der Waals surface area (Å²) in [4.78, 5) is 28.2. The number of H-pyrrole nitrogens is 1. The number of nitrogens with one attached hydrogen (secondary N) is 2. The van der Waals surface area contributed by atoms with E-state index >= 15 is 0 Å². The van der Waals surface area contributed by atoms with Crippen LogP contribution in [0.2, 0.25) is 0 Å². The molecular weight excluding hydrogens is 314 g/mol. The fourth-order valence-corrected chi connectivity index (χ4v) is 3.14. The molecule has 0 aliphatic carbocycles. The lowest BCUT2D eigenvalue weighted by atomic mass is 10.2. The monoisotopic (exact) mass is 325 g/mol. The van der Waals surface area contributed by atoms with Crippen LogP contribution in [0.5, 0.6) is 5.75 Å². The molecule has 0 spiro atoms. The topological polar surface area (TPSA) is 92.8 Å². The van der Waals surface area contributed by atoms with Crippen molar-refractivity contribution < 1.29 is 9.53 Å². The van der Waals surface area contributed by atoms with Crippen molar-refractivity contribution in [1.82, 2.24) is 19.9 Å². The SMILES string of the molecule is COc1cnc2nc(NC(=O)c3ccnc4[nH]ccc34)sc2c1. The molecule has 0 bridgehead atoms. The first-order valence-corrected chi connectivity index (χ1v) is 7.60. The molecule has 0 aromatic carbocycles. The van der Waals surface area contributed by atoms with Crippen LogP contribution in [0, 0.1) is 0 Å². The minimum Gasteiger partial charge on any atom is -0.495 e. The Bertz CT molecular complexity index is 1020. The standard InChI is InChI=1S/C15H11N5O2S/c1-22-8-6-11-13(18-7-8)19-15(23-11)20-14(21)10-3-5-17-12-9(10)2-4-16-12/h2-7H,1H3,(H,16,17)(H,18,19,20,21). The number of thiazole rings is 1. The van der Waals surface area contributed by atoms with Gasteiger partial charge in [-0.2, -0.15) is 4.98 Å². The molecule has 0 atom stereocenters. The first-order chi connectivity index (χ1) is 11.2. The van der Waals surface area contributed by atoms with Gasteiger partial charge in [0.15, 0.2) is 10.8 Å². The molecule has 0 fully saturated rings. The largest absolute Gasteiger partial charge is 0.495 e. The van der Waals surface area contributed by atoms with E-state index in [0.29, 0.717) is 27.7 Å². The number of rotatable bonds is 3. The van der Waals surface area contributed by atoms with Crippen molar-refractivity contribution in [2.45, 2.75) is 0 Å². The summed E-state index contributed by atoms with van der Waals surface area (Å²) >= 11 is 1.35. The van der Waals surface area contributed by atoms with Crippen LogP contribution >= 0.6 is 11.3 Å². The zero-order chi connectivity index (χ0) is 15.8. The van der Waals surface area contributed by atoms with Crippen molar-refractivity contribution >= 4 is 43.8 Å². The van der Waals surface area contributed by atoms with E-state index in [1.807, 2.05) is 12.1 Å². The second-order valence-electron chi connectivity index (χ2n) is 4.77. The summed E-state index contributed by atoms with van der Waals surface area (Å²) in [6, 6.07) is 5.34. The minimum absolute atomic E-state index is 0.233. The van der Waals surface area contributed by atoms with E-state index in [1.54, 1.807) is 31.8 Å². The molecule has 1 amide bonds. The second kappa shape index (κ2) is 5.33. The molecule has 7 nitrogen and oxygen atoms in total. The lowest BCUT2D eigenvalue weighted by molar-refractivity contribution is 0.102. The Kier molecular flexibility index (Phi) is 3.16. The first-order valence-electron chi connectivity index (χ1n) is 6.78. The van der Waals surface area contributed by atoms with Crippen LogP contribution in [0.15, 0.2) is 36.8 Å². The normalized spacial score (nSPS) is 11.0. The van der Waals surface area contributed by atoms with Crippen molar-refractivity contribution in [3.63, 3.8) is 0 Å². The molecule has 8 heteroatoms. The van der Waals surface area contributed by atoms with Gasteiger partial charge in [0, 0.05) is 23.8 Å². The lowest BCUT2D eigenvalue weighted by Crippen LogP contribution is -2.12. The lowest BCUT2D eigenvalue weighted by Gasteiger charge is -2.02. The summed E-state index contributed by atoms with van der Waals surface area (Å²) in [5.41, 5.74) is 1.79. The number of methoxy groups -OCH3 is 1. The number of ether oxygens (including phenoxy) is 1. The highest BCUT2D eigenvalue weighted by molar-refractivity contribution is 7.22. The number of aromatic nitrogens is 4. The molecule has 0 aliphatic rings. The van der Waals surface area contributed by atoms with E-state index in [4.69, 9.17) is 4.74 Å². The molecule has 0 saturated carbocycles. The van der Waals surface area contributed by atoms with E-state index in [9.17, 15) is 4.79 Å². The zero-order valence-corrected chi connectivity index (χ0v) is 12.8. The van der Waals surface area contributed by atoms with Gasteiger partial charge in [-0.15, -0.1) is 0 Å². The third kappa shape index (κ3) is 2.38. The van der Waals surface area contributed by atoms with Crippen molar-refractivity contribution in [2.75, 3.05) is 12.4 Å². The number of aromatic amines is 1. The van der Waals surface area contributed by atoms with Crippen molar-refractivity contribution in [1.29, 1.82) is 0 Å². The highest BCUT2D eigenvalue weighted by Crippen LogP contribution is 2.28. The summed E-state index contributed by atoms with van der Waals surface area (Å²) < 4.78 is 5.99. The molecule has 2 N–H and O–H groups in total. The molecule has 4 rings (SSSR count). The van der Waals surface area contributed by atoms with Crippen LogP contribution in [-0.4, -0.2) is 33.0 Å². The maximum atomic E-state index is 12.5. The van der Waals surface area contributed by atoms with Crippen LogP contribution < -0.4 is 10.1 Å². The number of carbonyl (C=O) groups excluding carboxylic acids is 1. The summed E-state index contributed by atoms with van der Waals surface area (Å²) in [6.45, 7) is 0. The molecule has 4 heterocycles. The van der Waals surface area contributed by atoms with Gasteiger partial charge in [-0.25, -0.2) is 9.97 Å². The van der Waals surface area contributed by atoms with Crippen molar-refractivity contribution in [2.24, 2.45) is 0 Å². The zero-order valence-electron chi connectivity index (χ0n) is 12.0. The Morgan fingerprint density at radius 3 is 3.13 bits per heavy atom. The van der Waals surface area contributed by atoms with Gasteiger partial charge in [0.25, 0.3) is 5.91 Å². The molecule has 23 heavy (non-hydrogen) atoms. The molecule has 0 unspecified atom stereocenters. The smallest absolute Gasteiger partial charge is 0.258 e. The van der Waals surface area contributed by atoms with E-state index < -0.39 is 0 Å². The Morgan fingerprint density at radius 1 is 1.35 bits per heavy atom. The number of amides is 1. The number of hydrogen-bond acceptors (Lipinski definition) is 6. The van der Waals surface area contributed by atoms with Gasteiger partial charge in [-0.1, -0.05) is 11.3 Å². The van der Waals surface area contributed by atoms with E-state index in [0.717, 1.165) is 10.1 Å². The highest BCUT2D eigenvalue weighted by Gasteiger charge is 2.14. The van der Waals surface area contributed by atoms with Crippen LogP contribution in [0.1, 0.15) is 10.4 Å². The van der Waals surface area contributed by atoms with Crippen LogP contribution in [0.4, 0.5) is 5.13 Å². The van der Waals surface area contributed by atoms with Gasteiger partial charge in [-0.05, 0) is 12.1 Å². The third-order valence-corrected chi connectivity index (χ3v) is 4.29. The summed E-state index contributed by atoms with van der Waals surface area (Å²) in [5, 5.41) is 4.07. The number of pyridine rings is 2. The maximum Gasteiger partial charge on any atom is 0.258 e. The Hall–Kier alpha value is -3.00. The minimum atomic E-state index is -0.233. The van der Waals surface area contributed by atoms with E-state index in [1.165, 1.54) is 11.3 Å². The van der Waals surface area contributed by atoms with Gasteiger partial charge in [0.1, 0.15) is 11.4 Å². The number of fused-ring (bicyclic) bond motifs is 2. The summed E-state index contributed by atoms with van der Waals surface area (Å²) in [5.74, 6) is 0.421. The predicted octanol–water partition coefficient (Wildman–Crippen LogP) is 2.83. The summed E-state index contributed by atoms with van der Waals surface area (Å²) in [7, 11) is 1.58. The average molecular weight is 325 g/mol. The van der Waals surface area contributed by atoms with Gasteiger partial charge >= 0.3 is 0 Å². The van der Waals surface area contributed by atoms with Crippen LogP contribution in [-0.2, 0) is 0 Å². The summed E-state index contributed by atoms with van der Waals surface area (Å²) in [6.07, 6.45) is 4.95. The highest BCUT2D eigenvalue weighted by atomic mass is 32.1. The average Bonchev–Trinajstić information content (AvgIpc) is 3.19. The number of carbonyl (C=O) groups is 1. The second-order valence-corrected chi connectivity index (χ2v) is 5.80. The molecule has 4 aromatic heterocycles. The number of anilines is 1. The quantitative estimate of drug-likeness (QED) is 0.604. The molecular formula is C15H11N5O2S. The number of hydrogen-bond donors (Lipinski definition) is 2. The van der Waals surface area contributed by atoms with E-state index in [-0.39, 0.29) is 5.91 Å². The maximum absolute atomic E-state index is 12.5. The Labute approximate surface area is 134 Å². The molecule has 4 aromatic rings. The number of nitrogens with zero attached hydrogens (tertiary/aromatic N) is 3. The van der Waals surface area contributed by atoms with Gasteiger partial charge in [0.2, 0.25) is 0 Å². The molecule has 0 aliphatic heterocycles. The third-order valence-electron chi connectivity index (χ3n) is 3.38. The van der Waals surface area contributed by atoms with Crippen LogP contribution in [0.3, 0.4) is 0 Å². The Balaban J connectivity index is 1.67. The molecule has 0 saturated heterocycles.